The molecule has 0 aromatic carbocycles. The number of carbonyl (C=O) groups is 2. The molecule has 1 saturated carbocycles. The zero-order valence-electron chi connectivity index (χ0n) is 9.87. The summed E-state index contributed by atoms with van der Waals surface area (Å²) in [7, 11) is 0. The molecule has 0 radical (unpaired) electrons. The van der Waals surface area contributed by atoms with Gasteiger partial charge >= 0.3 is 0 Å². The maximum absolute atomic E-state index is 12.4. The van der Waals surface area contributed by atoms with Gasteiger partial charge in [-0.1, -0.05) is 0 Å². The van der Waals surface area contributed by atoms with E-state index in [4.69, 9.17) is 0 Å². The van der Waals surface area contributed by atoms with Crippen molar-refractivity contribution in [1.82, 2.24) is 15.3 Å². The quantitative estimate of drug-likeness (QED) is 0.803. The summed E-state index contributed by atoms with van der Waals surface area (Å²) in [5.41, 5.74) is 0.657. The third-order valence-corrected chi connectivity index (χ3v) is 3.36. The molecule has 18 heavy (non-hydrogen) atoms. The minimum Gasteiger partial charge on any atom is -0.344 e. The molecule has 3 rings (SSSR count). The van der Waals surface area contributed by atoms with Crippen molar-refractivity contribution in [3.05, 3.63) is 18.7 Å². The van der Waals surface area contributed by atoms with E-state index in [1.807, 2.05) is 0 Å². The van der Waals surface area contributed by atoms with E-state index in [1.54, 1.807) is 17.3 Å². The second-order valence-electron chi connectivity index (χ2n) is 4.72. The molecule has 2 amide bonds. The van der Waals surface area contributed by atoms with Crippen molar-refractivity contribution in [2.45, 2.75) is 25.3 Å². The molecule has 0 spiro atoms. The van der Waals surface area contributed by atoms with Crippen molar-refractivity contribution >= 4 is 17.5 Å². The smallest absolute Gasteiger partial charge is 0.249 e. The first kappa shape index (κ1) is 11.1. The monoisotopic (exact) mass is 246 g/mol. The van der Waals surface area contributed by atoms with Crippen molar-refractivity contribution in [2.75, 3.05) is 11.4 Å². The number of rotatable bonds is 2. The SMILES string of the molecule is O=C1CCN(c2cncnc2)C(=O)C(C2CC2)N1. The van der Waals surface area contributed by atoms with Crippen LogP contribution in [0.4, 0.5) is 5.69 Å². The van der Waals surface area contributed by atoms with Crippen LogP contribution in [-0.4, -0.2) is 34.4 Å². The van der Waals surface area contributed by atoms with Gasteiger partial charge in [-0.25, -0.2) is 9.97 Å². The number of anilines is 1. The third kappa shape index (κ3) is 2.05. The summed E-state index contributed by atoms with van der Waals surface area (Å²) in [5, 5.41) is 2.82. The van der Waals surface area contributed by atoms with Gasteiger partial charge in [0.05, 0.1) is 18.1 Å². The van der Waals surface area contributed by atoms with Gasteiger partial charge in [-0.3, -0.25) is 9.59 Å². The fraction of sp³-hybridized carbons (Fsp3) is 0.500. The first-order valence-corrected chi connectivity index (χ1v) is 6.11. The number of aromatic nitrogens is 2. The Bertz CT molecular complexity index is 472. The van der Waals surface area contributed by atoms with Gasteiger partial charge in [0.1, 0.15) is 12.4 Å². The molecule has 2 fully saturated rings. The fourth-order valence-electron chi connectivity index (χ4n) is 2.23. The Hall–Kier alpha value is -1.98. The summed E-state index contributed by atoms with van der Waals surface area (Å²) in [6.07, 6.45) is 6.97. The zero-order chi connectivity index (χ0) is 12.5. The van der Waals surface area contributed by atoms with Crippen molar-refractivity contribution < 1.29 is 9.59 Å². The summed E-state index contributed by atoms with van der Waals surface area (Å²) >= 11 is 0. The number of hydrogen-bond acceptors (Lipinski definition) is 4. The first-order chi connectivity index (χ1) is 8.75. The van der Waals surface area contributed by atoms with Crippen LogP contribution < -0.4 is 10.2 Å². The normalized spacial score (nSPS) is 24.7. The molecule has 6 nitrogen and oxygen atoms in total. The molecule has 1 N–H and O–H groups in total. The van der Waals surface area contributed by atoms with Crippen molar-refractivity contribution in [1.29, 1.82) is 0 Å². The number of nitrogens with zero attached hydrogens (tertiary/aromatic N) is 3. The molecule has 1 aliphatic heterocycles. The standard InChI is InChI=1S/C12H14N4O2/c17-10-3-4-16(9-5-13-7-14-6-9)12(18)11(15-10)8-1-2-8/h5-8,11H,1-4H2,(H,15,17). The van der Waals surface area contributed by atoms with Gasteiger partial charge in [-0.05, 0) is 18.8 Å². The molecule has 6 heteroatoms. The molecule has 1 aliphatic carbocycles. The maximum atomic E-state index is 12.4. The summed E-state index contributed by atoms with van der Waals surface area (Å²) in [6, 6.07) is -0.375. The van der Waals surface area contributed by atoms with Crippen LogP contribution in [0.1, 0.15) is 19.3 Å². The van der Waals surface area contributed by atoms with Gasteiger partial charge in [0.2, 0.25) is 11.8 Å². The summed E-state index contributed by atoms with van der Waals surface area (Å²) < 4.78 is 0. The van der Waals surface area contributed by atoms with E-state index < -0.39 is 0 Å². The lowest BCUT2D eigenvalue weighted by atomic mass is 10.1. The topological polar surface area (TPSA) is 75.2 Å². The van der Waals surface area contributed by atoms with Gasteiger partial charge in [0, 0.05) is 13.0 Å². The average Bonchev–Trinajstić information content (AvgIpc) is 3.21. The van der Waals surface area contributed by atoms with Gasteiger partial charge in [-0.15, -0.1) is 0 Å². The molecule has 1 aromatic rings. The van der Waals surface area contributed by atoms with Crippen molar-refractivity contribution in [3.63, 3.8) is 0 Å². The molecule has 2 aliphatic rings. The number of carbonyl (C=O) groups excluding carboxylic acids is 2. The van der Waals surface area contributed by atoms with E-state index in [2.05, 4.69) is 15.3 Å². The van der Waals surface area contributed by atoms with E-state index in [0.29, 0.717) is 24.6 Å². The molecule has 2 heterocycles. The van der Waals surface area contributed by atoms with E-state index in [0.717, 1.165) is 12.8 Å². The van der Waals surface area contributed by atoms with E-state index in [1.165, 1.54) is 6.33 Å². The molecule has 1 unspecified atom stereocenters. The fourth-order valence-corrected chi connectivity index (χ4v) is 2.23. The van der Waals surface area contributed by atoms with Crippen molar-refractivity contribution in [3.8, 4) is 0 Å². The van der Waals surface area contributed by atoms with Crippen LogP contribution in [0, 0.1) is 5.92 Å². The van der Waals surface area contributed by atoms with Crippen LogP contribution in [0.25, 0.3) is 0 Å². The van der Waals surface area contributed by atoms with Crippen molar-refractivity contribution in [2.24, 2.45) is 5.92 Å². The second-order valence-corrected chi connectivity index (χ2v) is 4.72. The van der Waals surface area contributed by atoms with Gasteiger partial charge in [0.15, 0.2) is 0 Å². The molecule has 94 valence electrons. The van der Waals surface area contributed by atoms with E-state index in [9.17, 15) is 9.59 Å². The largest absolute Gasteiger partial charge is 0.344 e. The van der Waals surface area contributed by atoms with Crippen LogP contribution in [0.2, 0.25) is 0 Å². The maximum Gasteiger partial charge on any atom is 0.249 e. The molecule has 1 saturated heterocycles. The molecule has 0 bridgehead atoms. The number of hydrogen-bond donors (Lipinski definition) is 1. The molecule has 1 aromatic heterocycles. The molecular weight excluding hydrogens is 232 g/mol. The lowest BCUT2D eigenvalue weighted by Gasteiger charge is -2.23. The van der Waals surface area contributed by atoms with Gasteiger partial charge in [-0.2, -0.15) is 0 Å². The Morgan fingerprint density at radius 1 is 1.22 bits per heavy atom. The second kappa shape index (κ2) is 4.36. The average molecular weight is 246 g/mol. The summed E-state index contributed by atoms with van der Waals surface area (Å²) in [6.45, 7) is 0.390. The highest BCUT2D eigenvalue weighted by molar-refractivity contribution is 6.01. The third-order valence-electron chi connectivity index (χ3n) is 3.36. The number of amides is 2. The molecular formula is C12H14N4O2. The minimum atomic E-state index is -0.375. The Morgan fingerprint density at radius 3 is 2.61 bits per heavy atom. The summed E-state index contributed by atoms with van der Waals surface area (Å²) in [4.78, 5) is 33.5. The van der Waals surface area contributed by atoms with E-state index >= 15 is 0 Å². The van der Waals surface area contributed by atoms with Gasteiger partial charge in [0.25, 0.3) is 0 Å². The predicted molar refractivity (Wildman–Crippen MR) is 63.7 cm³/mol. The highest BCUT2D eigenvalue weighted by Gasteiger charge is 2.41. The first-order valence-electron chi connectivity index (χ1n) is 6.11. The number of nitrogens with one attached hydrogen (secondary N) is 1. The van der Waals surface area contributed by atoms with Gasteiger partial charge < -0.3 is 10.2 Å². The van der Waals surface area contributed by atoms with Crippen LogP contribution in [0.3, 0.4) is 0 Å². The van der Waals surface area contributed by atoms with Crippen LogP contribution in [0.5, 0.6) is 0 Å². The lowest BCUT2D eigenvalue weighted by Crippen LogP contribution is -2.46. The highest BCUT2D eigenvalue weighted by atomic mass is 16.2. The van der Waals surface area contributed by atoms with Crippen LogP contribution >= 0.6 is 0 Å². The Morgan fingerprint density at radius 2 is 1.94 bits per heavy atom. The zero-order valence-corrected chi connectivity index (χ0v) is 9.87. The lowest BCUT2D eigenvalue weighted by molar-refractivity contribution is -0.126. The Kier molecular flexibility index (Phi) is 2.70. The summed E-state index contributed by atoms with van der Waals surface area (Å²) in [5.74, 6) is 0.199. The minimum absolute atomic E-state index is 0.0434. The van der Waals surface area contributed by atoms with Crippen LogP contribution in [-0.2, 0) is 9.59 Å². The van der Waals surface area contributed by atoms with E-state index in [-0.39, 0.29) is 17.9 Å². The highest BCUT2D eigenvalue weighted by Crippen LogP contribution is 2.34. The Labute approximate surface area is 104 Å². The van der Waals surface area contributed by atoms with Crippen LogP contribution in [0.15, 0.2) is 18.7 Å². The molecule has 1 atom stereocenters. The predicted octanol–water partition coefficient (Wildman–Crippen LogP) is 0.108. The Balaban J connectivity index is 1.88.